The van der Waals surface area contributed by atoms with Gasteiger partial charge in [0.25, 0.3) is 0 Å². The Morgan fingerprint density at radius 1 is 1.29 bits per heavy atom. The molecule has 0 bridgehead atoms. The lowest BCUT2D eigenvalue weighted by Gasteiger charge is -2.24. The molecule has 1 heterocycles. The fourth-order valence-corrected chi connectivity index (χ4v) is 1.63. The Morgan fingerprint density at radius 3 is 2.86 bits per heavy atom. The first kappa shape index (κ1) is 9.53. The average Bonchev–Trinajstić information content (AvgIpc) is 2.23. The van der Waals surface area contributed by atoms with Crippen molar-refractivity contribution < 1.29 is 9.47 Å². The van der Waals surface area contributed by atoms with Crippen LogP contribution in [-0.4, -0.2) is 12.9 Å². The molecule has 0 amide bonds. The first-order chi connectivity index (χ1) is 6.86. The van der Waals surface area contributed by atoms with Crippen LogP contribution >= 0.6 is 0 Å². The van der Waals surface area contributed by atoms with Crippen molar-refractivity contribution in [2.24, 2.45) is 0 Å². The topological polar surface area (TPSA) is 18.5 Å². The third kappa shape index (κ3) is 2.26. The molecule has 76 valence electrons. The van der Waals surface area contributed by atoms with Crippen molar-refractivity contribution in [2.45, 2.75) is 32.5 Å². The molecule has 2 rings (SSSR count). The molecule has 1 aliphatic rings. The molecule has 0 aliphatic carbocycles. The number of ether oxygens (including phenoxy) is 2. The fraction of sp³-hybridized carbons (Fsp3) is 0.500. The van der Waals surface area contributed by atoms with Crippen molar-refractivity contribution in [1.82, 2.24) is 0 Å². The maximum Gasteiger partial charge on any atom is 0.199 e. The van der Waals surface area contributed by atoms with E-state index in [9.17, 15) is 0 Å². The summed E-state index contributed by atoms with van der Waals surface area (Å²) >= 11 is 0. The number of benzene rings is 1. The lowest BCUT2D eigenvalue weighted by Crippen LogP contribution is -2.25. The van der Waals surface area contributed by atoms with Crippen molar-refractivity contribution in [3.8, 4) is 5.75 Å². The summed E-state index contributed by atoms with van der Waals surface area (Å²) in [6.07, 6.45) is 3.34. The van der Waals surface area contributed by atoms with Crippen LogP contribution in [0.2, 0.25) is 0 Å². The Labute approximate surface area is 84.8 Å². The maximum absolute atomic E-state index is 5.76. The number of hydrogen-bond donors (Lipinski definition) is 0. The molecule has 0 unspecified atom stereocenters. The molecule has 0 N–H and O–H groups in total. The summed E-state index contributed by atoms with van der Waals surface area (Å²) in [7, 11) is 0. The Balaban J connectivity index is 1.99. The first-order valence-corrected chi connectivity index (χ1v) is 5.20. The summed E-state index contributed by atoms with van der Waals surface area (Å²) in [5.41, 5.74) is 1.17. The van der Waals surface area contributed by atoms with Gasteiger partial charge in [0.15, 0.2) is 6.29 Å². The largest absolute Gasteiger partial charge is 0.465 e. The Morgan fingerprint density at radius 2 is 2.14 bits per heavy atom. The van der Waals surface area contributed by atoms with E-state index in [2.05, 4.69) is 13.0 Å². The van der Waals surface area contributed by atoms with E-state index in [1.165, 1.54) is 12.0 Å². The van der Waals surface area contributed by atoms with Crippen LogP contribution in [0.25, 0.3) is 0 Å². The lowest BCUT2D eigenvalue weighted by molar-refractivity contribution is -0.106. The molecule has 0 radical (unpaired) electrons. The van der Waals surface area contributed by atoms with Gasteiger partial charge in [0.05, 0.1) is 6.61 Å². The summed E-state index contributed by atoms with van der Waals surface area (Å²) < 4.78 is 11.3. The van der Waals surface area contributed by atoms with Crippen LogP contribution in [0.5, 0.6) is 5.75 Å². The van der Waals surface area contributed by atoms with E-state index in [0.29, 0.717) is 0 Å². The second-order valence-corrected chi connectivity index (χ2v) is 3.68. The van der Waals surface area contributed by atoms with Crippen LogP contribution in [0, 0.1) is 6.92 Å². The zero-order valence-electron chi connectivity index (χ0n) is 8.53. The molecule has 14 heavy (non-hydrogen) atoms. The van der Waals surface area contributed by atoms with E-state index in [1.54, 1.807) is 0 Å². The third-order valence-electron chi connectivity index (χ3n) is 2.49. The number of hydrogen-bond acceptors (Lipinski definition) is 2. The molecular formula is C12H16O2. The molecule has 2 heteroatoms. The van der Waals surface area contributed by atoms with Gasteiger partial charge in [-0.2, -0.15) is 0 Å². The van der Waals surface area contributed by atoms with Gasteiger partial charge < -0.3 is 9.47 Å². The van der Waals surface area contributed by atoms with Gasteiger partial charge >= 0.3 is 0 Å². The highest BCUT2D eigenvalue weighted by Crippen LogP contribution is 2.21. The zero-order chi connectivity index (χ0) is 9.80. The van der Waals surface area contributed by atoms with Crippen molar-refractivity contribution in [2.75, 3.05) is 6.61 Å². The molecule has 1 saturated heterocycles. The standard InChI is InChI=1S/C12H16O2/c1-10-6-2-3-7-11(10)14-12-8-4-5-9-13-12/h2-3,6-7,12H,4-5,8-9H2,1H3/t12-/m1/s1. The van der Waals surface area contributed by atoms with Gasteiger partial charge in [0.1, 0.15) is 5.75 Å². The Kier molecular flexibility index (Phi) is 3.04. The van der Waals surface area contributed by atoms with Crippen molar-refractivity contribution in [3.63, 3.8) is 0 Å². The fourth-order valence-electron chi connectivity index (χ4n) is 1.63. The molecule has 1 aromatic carbocycles. The van der Waals surface area contributed by atoms with Crippen molar-refractivity contribution in [3.05, 3.63) is 29.8 Å². The summed E-state index contributed by atoms with van der Waals surface area (Å²) in [5.74, 6) is 0.944. The normalized spacial score (nSPS) is 21.9. The van der Waals surface area contributed by atoms with E-state index in [4.69, 9.17) is 9.47 Å². The van der Waals surface area contributed by atoms with Crippen molar-refractivity contribution >= 4 is 0 Å². The highest BCUT2D eigenvalue weighted by molar-refractivity contribution is 5.31. The molecular weight excluding hydrogens is 176 g/mol. The minimum Gasteiger partial charge on any atom is -0.465 e. The summed E-state index contributed by atoms with van der Waals surface area (Å²) in [6.45, 7) is 2.88. The number of rotatable bonds is 2. The zero-order valence-corrected chi connectivity index (χ0v) is 8.53. The summed E-state index contributed by atoms with van der Waals surface area (Å²) in [6, 6.07) is 8.06. The van der Waals surface area contributed by atoms with Crippen LogP contribution in [0.1, 0.15) is 24.8 Å². The highest BCUT2D eigenvalue weighted by atomic mass is 16.7. The van der Waals surface area contributed by atoms with Gasteiger partial charge in [-0.1, -0.05) is 18.2 Å². The number of aryl methyl sites for hydroxylation is 1. The third-order valence-corrected chi connectivity index (χ3v) is 2.49. The second-order valence-electron chi connectivity index (χ2n) is 3.68. The minimum atomic E-state index is -0.0372. The Hall–Kier alpha value is -1.02. The van der Waals surface area contributed by atoms with Crippen LogP contribution < -0.4 is 4.74 Å². The van der Waals surface area contributed by atoms with Crippen LogP contribution in [0.3, 0.4) is 0 Å². The van der Waals surface area contributed by atoms with Gasteiger partial charge in [-0.25, -0.2) is 0 Å². The SMILES string of the molecule is Cc1ccccc1O[C@@H]1CCCCO1. The van der Waals surface area contributed by atoms with Crippen LogP contribution in [-0.2, 0) is 4.74 Å². The van der Waals surface area contributed by atoms with Crippen LogP contribution in [0.15, 0.2) is 24.3 Å². The highest BCUT2D eigenvalue weighted by Gasteiger charge is 2.15. The first-order valence-electron chi connectivity index (χ1n) is 5.20. The summed E-state index contributed by atoms with van der Waals surface area (Å²) in [5, 5.41) is 0. The molecule has 1 atom stereocenters. The molecule has 0 spiro atoms. The molecule has 1 aliphatic heterocycles. The minimum absolute atomic E-state index is 0.0372. The van der Waals surface area contributed by atoms with E-state index >= 15 is 0 Å². The van der Waals surface area contributed by atoms with Gasteiger partial charge in [-0.15, -0.1) is 0 Å². The quantitative estimate of drug-likeness (QED) is 0.717. The van der Waals surface area contributed by atoms with E-state index < -0.39 is 0 Å². The molecule has 2 nitrogen and oxygen atoms in total. The van der Waals surface area contributed by atoms with Crippen molar-refractivity contribution in [1.29, 1.82) is 0 Å². The predicted octanol–water partition coefficient (Wildman–Crippen LogP) is 2.90. The van der Waals surface area contributed by atoms with E-state index in [-0.39, 0.29) is 6.29 Å². The summed E-state index contributed by atoms with van der Waals surface area (Å²) in [4.78, 5) is 0. The molecule has 0 aromatic heterocycles. The monoisotopic (exact) mass is 192 g/mol. The average molecular weight is 192 g/mol. The Bertz CT molecular complexity index is 290. The smallest absolute Gasteiger partial charge is 0.199 e. The predicted molar refractivity (Wildman–Crippen MR) is 55.4 cm³/mol. The molecule has 1 aromatic rings. The van der Waals surface area contributed by atoms with Gasteiger partial charge in [0, 0.05) is 6.42 Å². The van der Waals surface area contributed by atoms with Gasteiger partial charge in [0.2, 0.25) is 0 Å². The van der Waals surface area contributed by atoms with Gasteiger partial charge in [-0.3, -0.25) is 0 Å². The van der Waals surface area contributed by atoms with E-state index in [1.807, 2.05) is 18.2 Å². The lowest BCUT2D eigenvalue weighted by atomic mass is 10.2. The molecule has 1 fully saturated rings. The number of para-hydroxylation sites is 1. The van der Waals surface area contributed by atoms with Gasteiger partial charge in [-0.05, 0) is 31.4 Å². The maximum atomic E-state index is 5.76. The molecule has 0 saturated carbocycles. The van der Waals surface area contributed by atoms with E-state index in [0.717, 1.165) is 25.2 Å². The van der Waals surface area contributed by atoms with Crippen LogP contribution in [0.4, 0.5) is 0 Å². The second kappa shape index (κ2) is 4.47.